The number of carbonyl (C=O) groups excluding carboxylic acids is 3. The van der Waals surface area contributed by atoms with Crippen LogP contribution in [-0.2, 0) is 23.9 Å². The van der Waals surface area contributed by atoms with Crippen LogP contribution < -0.4 is 0 Å². The van der Waals surface area contributed by atoms with Gasteiger partial charge in [-0.15, -0.1) is 0 Å². The summed E-state index contributed by atoms with van der Waals surface area (Å²) in [6.45, 7) is 4.54. The molecule has 0 radical (unpaired) electrons. The number of ether oxygens (including phenoxy) is 2. The predicted octanol–water partition coefficient (Wildman–Crippen LogP) is -0.0169. The average Bonchev–Trinajstić information content (AvgIpc) is 2.24. The largest absolute Gasteiger partial charge is 0.465 e. The predicted molar refractivity (Wildman–Crippen MR) is 49.7 cm³/mol. The molecule has 6 nitrogen and oxygen atoms in total. The lowest BCUT2D eigenvalue weighted by Crippen LogP contribution is -2.35. The summed E-state index contributed by atoms with van der Waals surface area (Å²) in [5, 5.41) is 0. The van der Waals surface area contributed by atoms with Gasteiger partial charge in [0, 0.05) is 6.08 Å². The van der Waals surface area contributed by atoms with E-state index >= 15 is 0 Å². The van der Waals surface area contributed by atoms with E-state index < -0.39 is 11.5 Å². The molecule has 0 aliphatic rings. The van der Waals surface area contributed by atoms with Crippen LogP contribution in [-0.4, -0.2) is 37.3 Å². The Morgan fingerprint density at radius 2 is 2.27 bits per heavy atom. The van der Waals surface area contributed by atoms with Crippen molar-refractivity contribution in [3.8, 4) is 0 Å². The molecule has 0 spiro atoms. The Morgan fingerprint density at radius 1 is 1.60 bits per heavy atom. The second-order valence-electron chi connectivity index (χ2n) is 2.92. The lowest BCUT2D eigenvalue weighted by molar-refractivity contribution is -0.140. The van der Waals surface area contributed by atoms with Gasteiger partial charge in [-0.3, -0.25) is 4.79 Å². The zero-order valence-corrected chi connectivity index (χ0v) is 8.26. The molecule has 82 valence electrons. The topological polar surface area (TPSA) is 82.0 Å². The van der Waals surface area contributed by atoms with Gasteiger partial charge < -0.3 is 9.47 Å². The van der Waals surface area contributed by atoms with Crippen LogP contribution in [0.1, 0.15) is 6.92 Å². The van der Waals surface area contributed by atoms with Crippen molar-refractivity contribution in [2.24, 2.45) is 4.99 Å². The molecule has 0 aromatic heterocycles. The Bertz CT molecular complexity index is 295. The molecule has 0 aromatic rings. The molecule has 0 rings (SSSR count). The van der Waals surface area contributed by atoms with Crippen LogP contribution in [0.5, 0.6) is 0 Å². The molecule has 0 saturated heterocycles. The number of aliphatic imine (C=N–C) groups is 1. The van der Waals surface area contributed by atoms with E-state index in [0.717, 1.165) is 6.08 Å². The number of rotatable bonds is 7. The highest BCUT2D eigenvalue weighted by Crippen LogP contribution is 2.10. The zero-order chi connectivity index (χ0) is 11.7. The fraction of sp³-hybridized carbons (Fsp3) is 0.444. The van der Waals surface area contributed by atoms with Gasteiger partial charge in [-0.25, -0.2) is 9.59 Å². The summed E-state index contributed by atoms with van der Waals surface area (Å²) in [5.41, 5.74) is -1.11. The van der Waals surface area contributed by atoms with Crippen LogP contribution in [0.15, 0.2) is 17.6 Å². The number of carbonyl (C=O) groups is 2. The van der Waals surface area contributed by atoms with Crippen LogP contribution in [0.2, 0.25) is 0 Å². The minimum atomic E-state index is -1.11. The van der Waals surface area contributed by atoms with E-state index in [1.807, 2.05) is 0 Å². The Balaban J connectivity index is 4.35. The van der Waals surface area contributed by atoms with E-state index in [-0.39, 0.29) is 19.7 Å². The molecule has 0 saturated carbocycles. The third-order valence-corrected chi connectivity index (χ3v) is 1.47. The summed E-state index contributed by atoms with van der Waals surface area (Å²) in [6.07, 6.45) is 2.30. The minimum absolute atomic E-state index is 0.170. The van der Waals surface area contributed by atoms with Crippen LogP contribution in [0.4, 0.5) is 0 Å². The molecule has 0 N–H and O–H groups in total. The zero-order valence-electron chi connectivity index (χ0n) is 8.26. The van der Waals surface area contributed by atoms with Crippen LogP contribution in [0.25, 0.3) is 0 Å². The molecule has 0 aliphatic carbocycles. The molecule has 0 aliphatic heterocycles. The van der Waals surface area contributed by atoms with Gasteiger partial charge in [0.05, 0.1) is 0 Å². The van der Waals surface area contributed by atoms with Crippen molar-refractivity contribution in [1.29, 1.82) is 0 Å². The van der Waals surface area contributed by atoms with Crippen molar-refractivity contribution < 1.29 is 23.9 Å². The first-order valence-corrected chi connectivity index (χ1v) is 4.01. The third kappa shape index (κ3) is 5.38. The van der Waals surface area contributed by atoms with Gasteiger partial charge in [0.2, 0.25) is 6.08 Å². The molecule has 0 bridgehead atoms. The molecule has 0 amide bonds. The quantitative estimate of drug-likeness (QED) is 0.195. The van der Waals surface area contributed by atoms with Gasteiger partial charge >= 0.3 is 5.97 Å². The maximum atomic E-state index is 10.7. The molecule has 1 atom stereocenters. The number of hydrogen-bond donors (Lipinski definition) is 0. The van der Waals surface area contributed by atoms with Gasteiger partial charge in [0.1, 0.15) is 18.8 Å². The molecule has 15 heavy (non-hydrogen) atoms. The van der Waals surface area contributed by atoms with Gasteiger partial charge in [-0.2, -0.15) is 4.99 Å². The number of esters is 1. The highest BCUT2D eigenvalue weighted by atomic mass is 16.5. The average molecular weight is 213 g/mol. The highest BCUT2D eigenvalue weighted by Gasteiger charge is 2.26. The smallest absolute Gasteiger partial charge is 0.330 e. The lowest BCUT2D eigenvalue weighted by atomic mass is 10.1. The van der Waals surface area contributed by atoms with E-state index in [4.69, 9.17) is 0 Å². The first kappa shape index (κ1) is 13.1. The lowest BCUT2D eigenvalue weighted by Gasteiger charge is -2.20. The summed E-state index contributed by atoms with van der Waals surface area (Å²) in [4.78, 5) is 34.2. The van der Waals surface area contributed by atoms with Crippen molar-refractivity contribution in [2.45, 2.75) is 12.5 Å². The van der Waals surface area contributed by atoms with Crippen molar-refractivity contribution in [1.82, 2.24) is 0 Å². The SMILES string of the molecule is C=CC(=O)OCC(C)(COC=O)N=C=O. The molecule has 1 unspecified atom stereocenters. The standard InChI is InChI=1S/C9H11NO5/c1-3-8(13)15-5-9(2,10-6-11)4-14-7-12/h3,7H,1,4-5H2,2H3. The Hall–Kier alpha value is -1.94. The van der Waals surface area contributed by atoms with Crippen molar-refractivity contribution in [3.05, 3.63) is 12.7 Å². The Morgan fingerprint density at radius 3 is 2.73 bits per heavy atom. The van der Waals surface area contributed by atoms with E-state index in [1.54, 1.807) is 0 Å². The molecular weight excluding hydrogens is 202 g/mol. The minimum Gasteiger partial charge on any atom is -0.465 e. The van der Waals surface area contributed by atoms with Gasteiger partial charge in [-0.1, -0.05) is 6.58 Å². The maximum absolute atomic E-state index is 10.7. The summed E-state index contributed by atoms with van der Waals surface area (Å²) in [6, 6.07) is 0. The molecule has 6 heteroatoms. The Labute approximate surface area is 86.6 Å². The van der Waals surface area contributed by atoms with Gasteiger partial charge in [0.15, 0.2) is 0 Å². The first-order valence-electron chi connectivity index (χ1n) is 4.01. The summed E-state index contributed by atoms with van der Waals surface area (Å²) in [7, 11) is 0. The van der Waals surface area contributed by atoms with E-state index in [2.05, 4.69) is 21.0 Å². The monoisotopic (exact) mass is 213 g/mol. The maximum Gasteiger partial charge on any atom is 0.330 e. The first-order chi connectivity index (χ1) is 7.08. The number of nitrogens with zero attached hydrogens (tertiary/aromatic N) is 1. The van der Waals surface area contributed by atoms with Crippen molar-refractivity contribution in [3.63, 3.8) is 0 Å². The van der Waals surface area contributed by atoms with Crippen molar-refractivity contribution in [2.75, 3.05) is 13.2 Å². The summed E-state index contributed by atoms with van der Waals surface area (Å²) in [5.74, 6) is -0.645. The molecular formula is C9H11NO5. The van der Waals surface area contributed by atoms with E-state index in [1.165, 1.54) is 13.0 Å². The fourth-order valence-corrected chi connectivity index (χ4v) is 0.715. The van der Waals surface area contributed by atoms with Crippen LogP contribution in [0.3, 0.4) is 0 Å². The number of isocyanates is 1. The Kier molecular flexibility index (Phi) is 5.66. The van der Waals surface area contributed by atoms with Crippen LogP contribution in [0, 0.1) is 0 Å². The number of hydrogen-bond acceptors (Lipinski definition) is 6. The molecule has 0 fully saturated rings. The molecule has 0 heterocycles. The second kappa shape index (κ2) is 6.50. The summed E-state index contributed by atoms with van der Waals surface area (Å²) < 4.78 is 9.13. The van der Waals surface area contributed by atoms with Gasteiger partial charge in [-0.05, 0) is 6.92 Å². The summed E-state index contributed by atoms with van der Waals surface area (Å²) >= 11 is 0. The molecule has 0 aromatic carbocycles. The fourth-order valence-electron chi connectivity index (χ4n) is 0.715. The van der Waals surface area contributed by atoms with Crippen LogP contribution >= 0.6 is 0 Å². The van der Waals surface area contributed by atoms with E-state index in [9.17, 15) is 14.4 Å². The van der Waals surface area contributed by atoms with E-state index in [0.29, 0.717) is 0 Å². The third-order valence-electron chi connectivity index (χ3n) is 1.47. The van der Waals surface area contributed by atoms with Gasteiger partial charge in [0.25, 0.3) is 6.47 Å². The van der Waals surface area contributed by atoms with Crippen molar-refractivity contribution >= 4 is 18.5 Å². The highest BCUT2D eigenvalue weighted by molar-refractivity contribution is 5.81. The normalized spacial score (nSPS) is 12.9. The second-order valence-corrected chi connectivity index (χ2v) is 2.92.